The molecule has 0 radical (unpaired) electrons. The van der Waals surface area contributed by atoms with Gasteiger partial charge in [0.05, 0.1) is 11.0 Å². The van der Waals surface area contributed by atoms with Gasteiger partial charge in [0.15, 0.2) is 0 Å². The lowest BCUT2D eigenvalue weighted by Gasteiger charge is -2.33. The molecule has 9 aromatic carbocycles. The topological polar surface area (TPSA) is 27.3 Å². The molecule has 0 N–H and O–H groups in total. The summed E-state index contributed by atoms with van der Waals surface area (Å²) >= 11 is 1.93. The molecule has 2 aromatic heterocycles. The summed E-state index contributed by atoms with van der Waals surface area (Å²) in [6.45, 7) is 0. The van der Waals surface area contributed by atoms with E-state index in [-0.39, 0.29) is 5.99 Å². The van der Waals surface area contributed by atoms with Crippen molar-refractivity contribution in [2.45, 2.75) is 4.90 Å². The van der Waals surface area contributed by atoms with E-state index in [0.29, 0.717) is 0 Å². The average Bonchev–Trinajstić information content (AvgIpc) is 3.84. The molecule has 0 bridgehead atoms. The van der Waals surface area contributed by atoms with Crippen LogP contribution in [0, 0.1) is 0 Å². The second-order valence-electron chi connectivity index (χ2n) is 15.6. The van der Waals surface area contributed by atoms with Crippen molar-refractivity contribution in [2.24, 2.45) is 0 Å². The third kappa shape index (κ3) is 4.98. The maximum atomic E-state index is 6.80. The van der Waals surface area contributed by atoms with E-state index >= 15 is 0 Å². The van der Waals surface area contributed by atoms with Crippen molar-refractivity contribution in [2.75, 3.05) is 0 Å². The molecule has 3 nitrogen and oxygen atoms in total. The zero-order valence-corrected chi connectivity index (χ0v) is 32.5. The number of furan rings is 1. The fourth-order valence-corrected chi connectivity index (χ4v) is 11.0. The van der Waals surface area contributed by atoms with Gasteiger partial charge in [-0.25, -0.2) is 0 Å². The number of ether oxygens (including phenoxy) is 1. The molecule has 0 unspecified atom stereocenters. The highest BCUT2D eigenvalue weighted by molar-refractivity contribution is 8.28. The molecule has 0 amide bonds. The molecule has 274 valence electrons. The van der Waals surface area contributed by atoms with Crippen molar-refractivity contribution in [3.63, 3.8) is 0 Å². The first kappa shape index (κ1) is 32.8. The predicted molar refractivity (Wildman–Crippen MR) is 247 cm³/mol. The van der Waals surface area contributed by atoms with Crippen LogP contribution in [-0.4, -0.2) is 10.6 Å². The van der Waals surface area contributed by atoms with Crippen LogP contribution in [0.5, 0.6) is 11.5 Å². The van der Waals surface area contributed by atoms with Crippen LogP contribution in [0.2, 0.25) is 0 Å². The van der Waals surface area contributed by atoms with Gasteiger partial charge in [-0.15, -0.1) is 0 Å². The third-order valence-corrected chi connectivity index (χ3v) is 13.6. The first-order valence-corrected chi connectivity index (χ1v) is 21.0. The molecule has 0 fully saturated rings. The Kier molecular flexibility index (Phi) is 7.04. The van der Waals surface area contributed by atoms with Gasteiger partial charge in [-0.2, -0.15) is 11.6 Å². The predicted octanol–water partition coefficient (Wildman–Crippen LogP) is 13.7. The van der Waals surface area contributed by atoms with Crippen LogP contribution in [0.15, 0.2) is 203 Å². The van der Waals surface area contributed by atoms with Crippen molar-refractivity contribution < 1.29 is 9.15 Å². The van der Waals surface area contributed by atoms with E-state index in [4.69, 9.17) is 9.15 Å². The number of aromatic nitrogens is 1. The molecular weight excluding hydrogens is 737 g/mol. The molecule has 59 heavy (non-hydrogen) atoms. The van der Waals surface area contributed by atoms with Gasteiger partial charge in [0, 0.05) is 32.1 Å². The molecule has 2 aliphatic heterocycles. The molecular formula is C54H32BNO2S. The second-order valence-corrected chi connectivity index (χ2v) is 16.7. The summed E-state index contributed by atoms with van der Waals surface area (Å²) in [6.07, 6.45) is 0. The van der Waals surface area contributed by atoms with Gasteiger partial charge in [-0.3, -0.25) is 0 Å². The van der Waals surface area contributed by atoms with Gasteiger partial charge in [0.1, 0.15) is 22.7 Å². The Morgan fingerprint density at radius 3 is 1.92 bits per heavy atom. The number of nitrogens with zero attached hydrogens (tertiary/aromatic N) is 1. The number of benzene rings is 9. The van der Waals surface area contributed by atoms with E-state index in [1.807, 2.05) is 23.7 Å². The van der Waals surface area contributed by atoms with Crippen molar-refractivity contribution in [1.29, 1.82) is 0 Å². The Hall–Kier alpha value is -7.21. The maximum absolute atomic E-state index is 6.80. The molecule has 5 heteroatoms. The summed E-state index contributed by atoms with van der Waals surface area (Å²) in [6, 6.07) is 70.1. The minimum absolute atomic E-state index is 0.108. The fourth-order valence-electron chi connectivity index (χ4n) is 9.60. The van der Waals surface area contributed by atoms with Gasteiger partial charge in [0.2, 0.25) is 0 Å². The van der Waals surface area contributed by atoms with Crippen molar-refractivity contribution in [3.8, 4) is 61.7 Å². The van der Waals surface area contributed by atoms with Gasteiger partial charge >= 0.3 is 0 Å². The standard InChI is InChI=1S/C54H32BNO2S/c1-2-15-39(38(14-1)34-24-26-43-42-18-5-9-22-49(42)57-51(43)30-34)35-25-27-44-45-29-36(31-52-54(45)55(59-53(44)32-35)46-19-6-10-23-50(46)58-52)33-12-11-13-37(28-33)56-47-20-7-3-16-40(47)41-17-4-8-21-48(41)56/h1-32H. The second kappa shape index (κ2) is 12.6. The highest BCUT2D eigenvalue weighted by atomic mass is 32.2. The van der Waals surface area contributed by atoms with E-state index in [2.05, 4.69) is 187 Å². The monoisotopic (exact) mass is 769 g/mol. The summed E-state index contributed by atoms with van der Waals surface area (Å²) < 4.78 is 15.5. The Bertz CT molecular complexity index is 3490. The molecule has 4 heterocycles. The van der Waals surface area contributed by atoms with Crippen molar-refractivity contribution >= 4 is 72.3 Å². The van der Waals surface area contributed by atoms with Gasteiger partial charge < -0.3 is 13.7 Å². The van der Waals surface area contributed by atoms with Crippen LogP contribution in [-0.2, 0) is 0 Å². The molecule has 0 atom stereocenters. The van der Waals surface area contributed by atoms with E-state index in [1.54, 1.807) is 0 Å². The lowest BCUT2D eigenvalue weighted by Crippen LogP contribution is -2.46. The van der Waals surface area contributed by atoms with E-state index < -0.39 is 0 Å². The summed E-state index contributed by atoms with van der Waals surface area (Å²) in [5, 5.41) is 4.80. The van der Waals surface area contributed by atoms with E-state index in [0.717, 1.165) is 55.8 Å². The van der Waals surface area contributed by atoms with E-state index in [1.165, 1.54) is 65.4 Å². The number of hydrogen-bond acceptors (Lipinski definition) is 3. The minimum Gasteiger partial charge on any atom is -0.458 e. The smallest absolute Gasteiger partial charge is 0.289 e. The number of rotatable bonds is 4. The Morgan fingerprint density at radius 1 is 0.407 bits per heavy atom. The molecule has 0 spiro atoms. The highest BCUT2D eigenvalue weighted by Crippen LogP contribution is 2.47. The van der Waals surface area contributed by atoms with Gasteiger partial charge in [-0.05, 0) is 122 Å². The molecule has 0 saturated carbocycles. The summed E-state index contributed by atoms with van der Waals surface area (Å²) in [4.78, 5) is 1.27. The van der Waals surface area contributed by atoms with Crippen LogP contribution >= 0.6 is 11.6 Å². The van der Waals surface area contributed by atoms with Gasteiger partial charge in [-0.1, -0.05) is 127 Å². The lowest BCUT2D eigenvalue weighted by molar-refractivity contribution is 0.488. The average molecular weight is 770 g/mol. The lowest BCUT2D eigenvalue weighted by atomic mass is 9.57. The van der Waals surface area contributed by atoms with Gasteiger partial charge in [0.25, 0.3) is 5.99 Å². The normalized spacial score (nSPS) is 12.8. The molecule has 11 aromatic rings. The highest BCUT2D eigenvalue weighted by Gasteiger charge is 2.39. The summed E-state index contributed by atoms with van der Waals surface area (Å²) in [7, 11) is 0. The van der Waals surface area contributed by atoms with Crippen LogP contribution in [0.4, 0.5) is 0 Å². The minimum atomic E-state index is 0.108. The number of para-hydroxylation sites is 4. The fraction of sp³-hybridized carbons (Fsp3) is 0. The summed E-state index contributed by atoms with van der Waals surface area (Å²) in [5.74, 6) is 1.96. The quantitative estimate of drug-likeness (QED) is 0.167. The first-order valence-electron chi connectivity index (χ1n) is 20.1. The number of hydrogen-bond donors (Lipinski definition) is 0. The third-order valence-electron chi connectivity index (χ3n) is 12.3. The van der Waals surface area contributed by atoms with Crippen molar-refractivity contribution in [1.82, 2.24) is 4.57 Å². The SMILES string of the molecule is c1cc(-c2cc3c4c(c2)-c2ccc(-c5ccccc5-c5ccc6c(c5)oc5ccccc56)cc2SB4c2ccccc2O3)cc(-n2c3ccccc3c3ccccc32)c1. The van der Waals surface area contributed by atoms with Crippen molar-refractivity contribution in [3.05, 3.63) is 194 Å². The molecule has 0 aliphatic carbocycles. The number of fused-ring (bicyclic) bond motifs is 10. The molecule has 0 saturated heterocycles. The summed E-state index contributed by atoms with van der Waals surface area (Å²) in [5.41, 5.74) is 17.3. The van der Waals surface area contributed by atoms with E-state index in [9.17, 15) is 0 Å². The Balaban J connectivity index is 0.957. The maximum Gasteiger partial charge on any atom is 0.289 e. The van der Waals surface area contributed by atoms with Crippen LogP contribution in [0.25, 0.3) is 93.9 Å². The zero-order chi connectivity index (χ0) is 38.6. The van der Waals surface area contributed by atoms with Crippen LogP contribution in [0.1, 0.15) is 0 Å². The zero-order valence-electron chi connectivity index (χ0n) is 31.7. The van der Waals surface area contributed by atoms with Crippen LogP contribution < -0.4 is 15.7 Å². The first-order chi connectivity index (χ1) is 29.2. The molecule has 13 rings (SSSR count). The largest absolute Gasteiger partial charge is 0.458 e. The molecule has 2 aliphatic rings. The Labute approximate surface area is 345 Å². The Morgan fingerprint density at radius 2 is 1.08 bits per heavy atom. The van der Waals surface area contributed by atoms with Crippen LogP contribution in [0.3, 0.4) is 0 Å².